The van der Waals surface area contributed by atoms with Gasteiger partial charge < -0.3 is 19.5 Å². The molecule has 30 heavy (non-hydrogen) atoms. The Morgan fingerprint density at radius 3 is 1.73 bits per heavy atom. The number of methoxy groups -OCH3 is 2. The molecule has 0 saturated carbocycles. The molecule has 0 atom stereocenters. The lowest BCUT2D eigenvalue weighted by molar-refractivity contribution is -0.152. The van der Waals surface area contributed by atoms with Crippen molar-refractivity contribution in [3.8, 4) is 0 Å². The average molecular weight is 413 g/mol. The Kier molecular flexibility index (Phi) is 5.78. The summed E-state index contributed by atoms with van der Waals surface area (Å²) in [5, 5.41) is 4.15. The Labute approximate surface area is 173 Å². The van der Waals surface area contributed by atoms with Gasteiger partial charge >= 0.3 is 17.9 Å². The summed E-state index contributed by atoms with van der Waals surface area (Å²) >= 11 is 0. The monoisotopic (exact) mass is 413 g/mol. The van der Waals surface area contributed by atoms with Crippen molar-refractivity contribution in [3.63, 3.8) is 0 Å². The van der Waals surface area contributed by atoms with Crippen LogP contribution >= 0.6 is 0 Å². The number of hydrogen-bond donors (Lipinski definition) is 1. The molecule has 1 aliphatic rings. The molecular formula is C22H23NO7. The fourth-order valence-corrected chi connectivity index (χ4v) is 3.93. The van der Waals surface area contributed by atoms with Crippen molar-refractivity contribution in [3.05, 3.63) is 46.5 Å². The molecule has 0 unspecified atom stereocenters. The van der Waals surface area contributed by atoms with Gasteiger partial charge in [-0.05, 0) is 41.0 Å². The zero-order valence-electron chi connectivity index (χ0n) is 17.3. The first kappa shape index (κ1) is 21.3. The van der Waals surface area contributed by atoms with Crippen molar-refractivity contribution >= 4 is 34.6 Å². The smallest absolute Gasteiger partial charge is 0.338 e. The van der Waals surface area contributed by atoms with Crippen LogP contribution in [0.25, 0.3) is 10.8 Å². The summed E-state index contributed by atoms with van der Waals surface area (Å²) in [6, 6.07) is 6.83. The van der Waals surface area contributed by atoms with Gasteiger partial charge in [-0.25, -0.2) is 14.4 Å². The molecule has 3 rings (SSSR count). The van der Waals surface area contributed by atoms with E-state index in [0.717, 1.165) is 11.1 Å². The molecule has 1 amide bonds. The van der Waals surface area contributed by atoms with Gasteiger partial charge in [0.1, 0.15) is 5.54 Å². The number of fused-ring (bicyclic) bond motifs is 2. The number of esters is 3. The Hall–Kier alpha value is -3.42. The van der Waals surface area contributed by atoms with Gasteiger partial charge in [-0.3, -0.25) is 4.79 Å². The second-order valence-electron chi connectivity index (χ2n) is 7.19. The summed E-state index contributed by atoms with van der Waals surface area (Å²) in [5.74, 6) is -2.14. The van der Waals surface area contributed by atoms with Crippen molar-refractivity contribution in [2.45, 2.75) is 32.2 Å². The van der Waals surface area contributed by atoms with Gasteiger partial charge in [-0.15, -0.1) is 0 Å². The van der Waals surface area contributed by atoms with E-state index in [1.165, 1.54) is 21.1 Å². The molecule has 1 aliphatic carbocycles. The molecule has 2 aromatic rings. The Balaban J connectivity index is 2.13. The van der Waals surface area contributed by atoms with Crippen LogP contribution in [0.5, 0.6) is 0 Å². The van der Waals surface area contributed by atoms with Gasteiger partial charge in [0.05, 0.1) is 32.0 Å². The zero-order valence-corrected chi connectivity index (χ0v) is 17.3. The number of nitrogens with one attached hydrogen (secondary N) is 1. The number of rotatable bonds is 5. The molecule has 0 heterocycles. The molecule has 2 aromatic carbocycles. The van der Waals surface area contributed by atoms with E-state index in [1.54, 1.807) is 19.1 Å². The maximum absolute atomic E-state index is 12.7. The van der Waals surface area contributed by atoms with Crippen LogP contribution in [0.2, 0.25) is 0 Å². The van der Waals surface area contributed by atoms with E-state index in [0.29, 0.717) is 10.8 Å². The summed E-state index contributed by atoms with van der Waals surface area (Å²) in [5.41, 5.74) is 0.705. The first-order valence-corrected chi connectivity index (χ1v) is 9.46. The summed E-state index contributed by atoms with van der Waals surface area (Å²) < 4.78 is 14.8. The summed E-state index contributed by atoms with van der Waals surface area (Å²) in [4.78, 5) is 48.8. The van der Waals surface area contributed by atoms with Gasteiger partial charge in [-0.1, -0.05) is 12.1 Å². The number of amides is 1. The topological polar surface area (TPSA) is 108 Å². The number of carbonyl (C=O) groups is 4. The van der Waals surface area contributed by atoms with Crippen LogP contribution in [0, 0.1) is 0 Å². The molecule has 0 radical (unpaired) electrons. The Morgan fingerprint density at radius 2 is 1.37 bits per heavy atom. The minimum absolute atomic E-state index is 0.0910. The standard InChI is InChI=1S/C22H23NO7/c1-5-30-21(27)22(23-12(2)24)10-15-6-13-8-17(19(25)28-3)18(20(26)29-4)9-14(13)7-16(15)11-22/h6-9H,5,10-11H2,1-4H3,(H,23,24). The predicted molar refractivity (Wildman–Crippen MR) is 107 cm³/mol. The maximum atomic E-state index is 12.7. The lowest BCUT2D eigenvalue weighted by Gasteiger charge is -2.27. The molecule has 0 aromatic heterocycles. The van der Waals surface area contributed by atoms with Crippen LogP contribution in [0.4, 0.5) is 0 Å². The van der Waals surface area contributed by atoms with Crippen LogP contribution in [-0.2, 0) is 36.6 Å². The van der Waals surface area contributed by atoms with Gasteiger partial charge in [0.25, 0.3) is 0 Å². The highest BCUT2D eigenvalue weighted by Gasteiger charge is 2.46. The number of ether oxygens (including phenoxy) is 3. The van der Waals surface area contributed by atoms with E-state index in [9.17, 15) is 19.2 Å². The Bertz CT molecular complexity index is 993. The molecule has 0 aliphatic heterocycles. The highest BCUT2D eigenvalue weighted by Crippen LogP contribution is 2.35. The molecule has 8 nitrogen and oxygen atoms in total. The SMILES string of the molecule is CCOC(=O)C1(NC(C)=O)Cc2cc3cc(C(=O)OC)c(C(=O)OC)cc3cc2C1. The van der Waals surface area contributed by atoms with Crippen molar-refractivity contribution in [1.29, 1.82) is 0 Å². The van der Waals surface area contributed by atoms with E-state index in [-0.39, 0.29) is 36.5 Å². The lowest BCUT2D eigenvalue weighted by atomic mass is 9.95. The largest absolute Gasteiger partial charge is 0.465 e. The van der Waals surface area contributed by atoms with Crippen molar-refractivity contribution in [1.82, 2.24) is 5.32 Å². The molecule has 158 valence electrons. The van der Waals surface area contributed by atoms with Crippen molar-refractivity contribution < 1.29 is 33.4 Å². The van der Waals surface area contributed by atoms with Gasteiger partial charge in [0.15, 0.2) is 0 Å². The zero-order chi connectivity index (χ0) is 22.1. The van der Waals surface area contributed by atoms with Crippen LogP contribution in [0.3, 0.4) is 0 Å². The predicted octanol–water partition coefficient (Wildman–Crippen LogP) is 1.95. The van der Waals surface area contributed by atoms with Gasteiger partial charge in [0, 0.05) is 19.8 Å². The fraction of sp³-hybridized carbons (Fsp3) is 0.364. The third-order valence-electron chi connectivity index (χ3n) is 5.17. The highest BCUT2D eigenvalue weighted by molar-refractivity contribution is 6.07. The first-order chi connectivity index (χ1) is 14.2. The van der Waals surface area contributed by atoms with E-state index < -0.39 is 23.4 Å². The van der Waals surface area contributed by atoms with E-state index in [1.807, 2.05) is 12.1 Å². The molecule has 0 bridgehead atoms. The molecule has 0 spiro atoms. The lowest BCUT2D eigenvalue weighted by Crippen LogP contribution is -2.55. The minimum Gasteiger partial charge on any atom is -0.465 e. The second kappa shape index (κ2) is 8.14. The summed E-state index contributed by atoms with van der Waals surface area (Å²) in [6.45, 7) is 3.26. The van der Waals surface area contributed by atoms with E-state index in [2.05, 4.69) is 5.32 Å². The quantitative estimate of drug-likeness (QED) is 0.590. The van der Waals surface area contributed by atoms with Crippen LogP contribution in [-0.4, -0.2) is 50.2 Å². The maximum Gasteiger partial charge on any atom is 0.338 e. The van der Waals surface area contributed by atoms with Crippen LogP contribution in [0.1, 0.15) is 45.7 Å². The van der Waals surface area contributed by atoms with Gasteiger partial charge in [-0.2, -0.15) is 0 Å². The first-order valence-electron chi connectivity index (χ1n) is 9.46. The molecular weight excluding hydrogens is 390 g/mol. The van der Waals surface area contributed by atoms with Gasteiger partial charge in [0.2, 0.25) is 5.91 Å². The van der Waals surface area contributed by atoms with Crippen LogP contribution in [0.15, 0.2) is 24.3 Å². The average Bonchev–Trinajstić information content (AvgIpc) is 3.07. The minimum atomic E-state index is -1.18. The van der Waals surface area contributed by atoms with Crippen molar-refractivity contribution in [2.24, 2.45) is 0 Å². The van der Waals surface area contributed by atoms with Crippen molar-refractivity contribution in [2.75, 3.05) is 20.8 Å². The number of hydrogen-bond acceptors (Lipinski definition) is 7. The number of benzene rings is 2. The summed E-state index contributed by atoms with van der Waals surface area (Å²) in [7, 11) is 2.47. The molecule has 0 saturated heterocycles. The highest BCUT2D eigenvalue weighted by atomic mass is 16.5. The molecule has 8 heteroatoms. The Morgan fingerprint density at radius 1 is 0.900 bits per heavy atom. The van der Waals surface area contributed by atoms with Crippen LogP contribution < -0.4 is 5.32 Å². The normalized spacial score (nSPS) is 14.0. The third kappa shape index (κ3) is 3.72. The second-order valence-corrected chi connectivity index (χ2v) is 7.19. The fourth-order valence-electron chi connectivity index (χ4n) is 3.93. The van der Waals surface area contributed by atoms with E-state index >= 15 is 0 Å². The van der Waals surface area contributed by atoms with E-state index in [4.69, 9.17) is 14.2 Å². The number of carbonyl (C=O) groups excluding carboxylic acids is 4. The molecule has 1 N–H and O–H groups in total. The third-order valence-corrected chi connectivity index (χ3v) is 5.17. The summed E-state index contributed by atoms with van der Waals surface area (Å²) in [6.07, 6.45) is 0.534. The molecule has 0 fully saturated rings.